The van der Waals surface area contributed by atoms with Gasteiger partial charge in [-0.25, -0.2) is 9.59 Å². The molecule has 0 aliphatic rings. The summed E-state index contributed by atoms with van der Waals surface area (Å²) in [5, 5.41) is 8.63. The lowest BCUT2D eigenvalue weighted by atomic mass is 9.99. The van der Waals surface area contributed by atoms with Gasteiger partial charge in [-0.15, -0.1) is 0 Å². The summed E-state index contributed by atoms with van der Waals surface area (Å²) < 4.78 is 31.6. The third-order valence-electron chi connectivity index (χ3n) is 9.13. The first kappa shape index (κ1) is 50.6. The second-order valence-electron chi connectivity index (χ2n) is 14.2. The van der Waals surface area contributed by atoms with Gasteiger partial charge >= 0.3 is 35.8 Å². The predicted octanol–water partition coefficient (Wildman–Crippen LogP) is 8.81. The van der Waals surface area contributed by atoms with E-state index in [1.807, 2.05) is 12.1 Å². The quantitative estimate of drug-likeness (QED) is 0.0295. The molecule has 13 heteroatoms. The van der Waals surface area contributed by atoms with E-state index in [2.05, 4.69) is 11.3 Å². The molecule has 0 amide bonds. The van der Waals surface area contributed by atoms with Gasteiger partial charge in [0.15, 0.2) is 0 Å². The van der Waals surface area contributed by atoms with Gasteiger partial charge in [0.2, 0.25) is 0 Å². The van der Waals surface area contributed by atoms with Gasteiger partial charge in [0.05, 0.1) is 71.4 Å². The minimum atomic E-state index is -1.01. The van der Waals surface area contributed by atoms with Crippen LogP contribution in [0.3, 0.4) is 0 Å². The van der Waals surface area contributed by atoms with Crippen LogP contribution in [0, 0.1) is 0 Å². The summed E-state index contributed by atoms with van der Waals surface area (Å²) in [4.78, 5) is 69.6. The molecule has 0 fully saturated rings. The number of esters is 5. The number of unbranched alkanes of at least 4 members (excludes halogenated alkanes) is 15. The number of carboxylic acids is 1. The van der Waals surface area contributed by atoms with Crippen LogP contribution in [0.2, 0.25) is 0 Å². The van der Waals surface area contributed by atoms with Crippen molar-refractivity contribution >= 4 is 35.8 Å². The number of benzene rings is 1. The number of hydrogen-bond acceptors (Lipinski definition) is 12. The molecule has 0 saturated carbocycles. The van der Waals surface area contributed by atoms with Gasteiger partial charge in [-0.3, -0.25) is 19.2 Å². The van der Waals surface area contributed by atoms with Crippen LogP contribution in [0.15, 0.2) is 30.4 Å². The summed E-state index contributed by atoms with van der Waals surface area (Å²) >= 11 is 0. The number of hydrogen-bond donors (Lipinski definition) is 1. The molecule has 13 nitrogen and oxygen atoms in total. The highest BCUT2D eigenvalue weighted by molar-refractivity contribution is 5.91. The molecule has 1 N–H and O–H groups in total. The van der Waals surface area contributed by atoms with Gasteiger partial charge in [-0.1, -0.05) is 76.9 Å². The Morgan fingerprint density at radius 3 is 1.49 bits per heavy atom. The molecule has 0 unspecified atom stereocenters. The Balaban J connectivity index is 2.43. The molecule has 0 aliphatic heterocycles. The van der Waals surface area contributed by atoms with Gasteiger partial charge in [-0.05, 0) is 82.4 Å². The Hall–Kier alpha value is -4.42. The molecular formula is C44H68O13. The Morgan fingerprint density at radius 2 is 0.982 bits per heavy atom. The number of carboxylic acid groups (broad SMARTS) is 1. The third kappa shape index (κ3) is 28.6. The normalized spacial score (nSPS) is 10.7. The van der Waals surface area contributed by atoms with Crippen LogP contribution in [-0.4, -0.2) is 81.1 Å². The fourth-order valence-corrected chi connectivity index (χ4v) is 5.75. The van der Waals surface area contributed by atoms with Crippen LogP contribution in [-0.2, 0) is 54.1 Å². The molecule has 1 aromatic carbocycles. The van der Waals surface area contributed by atoms with Gasteiger partial charge in [0, 0.05) is 5.57 Å². The Bertz CT molecular complexity index is 1340. The zero-order valence-electron chi connectivity index (χ0n) is 34.6. The molecule has 0 spiro atoms. The number of ether oxygens (including phenoxy) is 6. The van der Waals surface area contributed by atoms with Crippen LogP contribution < -0.4 is 4.74 Å². The molecule has 0 aliphatic carbocycles. The van der Waals surface area contributed by atoms with Gasteiger partial charge in [0.25, 0.3) is 0 Å². The van der Waals surface area contributed by atoms with Gasteiger partial charge in [0.1, 0.15) is 5.75 Å². The van der Waals surface area contributed by atoms with Crippen molar-refractivity contribution in [2.45, 2.75) is 155 Å². The molecule has 0 aromatic heterocycles. The summed E-state index contributed by atoms with van der Waals surface area (Å²) in [6.45, 7) is 7.06. The first-order valence-electron chi connectivity index (χ1n) is 20.9. The second kappa shape index (κ2) is 33.7. The van der Waals surface area contributed by atoms with E-state index in [9.17, 15) is 28.8 Å². The molecule has 1 rings (SSSR count). The lowest BCUT2D eigenvalue weighted by molar-refractivity contribution is -0.149. The van der Waals surface area contributed by atoms with E-state index in [1.165, 1.54) is 7.11 Å². The summed E-state index contributed by atoms with van der Waals surface area (Å²) in [5.41, 5.74) is 1.86. The molecule has 0 radical (unpaired) electrons. The number of aliphatic carboxylic acids is 1. The first-order valence-corrected chi connectivity index (χ1v) is 20.9. The summed E-state index contributed by atoms with van der Waals surface area (Å²) in [6.07, 6.45) is 17.4. The number of carbonyl (C=O) groups is 6. The molecule has 0 bridgehead atoms. The molecule has 322 valence electrons. The Morgan fingerprint density at radius 1 is 0.544 bits per heavy atom. The average Bonchev–Trinajstić information content (AvgIpc) is 3.19. The van der Waals surface area contributed by atoms with Crippen molar-refractivity contribution in [2.75, 3.05) is 40.1 Å². The molecule has 0 atom stereocenters. The lowest BCUT2D eigenvalue weighted by Crippen LogP contribution is -2.11. The maximum atomic E-state index is 13.3. The van der Waals surface area contributed by atoms with Crippen molar-refractivity contribution in [3.05, 3.63) is 41.5 Å². The molecular weight excluding hydrogens is 736 g/mol. The minimum Gasteiger partial charge on any atom is -0.494 e. The predicted molar refractivity (Wildman–Crippen MR) is 215 cm³/mol. The Labute approximate surface area is 339 Å². The number of methoxy groups -OCH3 is 1. The van der Waals surface area contributed by atoms with Crippen LogP contribution in [0.1, 0.15) is 164 Å². The maximum absolute atomic E-state index is 13.3. The van der Waals surface area contributed by atoms with Gasteiger partial charge in [-0.2, -0.15) is 0 Å². The average molecular weight is 805 g/mol. The zero-order valence-corrected chi connectivity index (χ0v) is 34.6. The van der Waals surface area contributed by atoms with E-state index < -0.39 is 17.9 Å². The van der Waals surface area contributed by atoms with Crippen molar-refractivity contribution in [2.24, 2.45) is 0 Å². The second-order valence-corrected chi connectivity index (χ2v) is 14.2. The fraction of sp³-hybridized carbons (Fsp3) is 0.682. The van der Waals surface area contributed by atoms with Gasteiger partial charge < -0.3 is 33.5 Å². The largest absolute Gasteiger partial charge is 0.494 e. The maximum Gasteiger partial charge on any atom is 0.338 e. The van der Waals surface area contributed by atoms with Crippen molar-refractivity contribution in [3.63, 3.8) is 0 Å². The molecule has 0 saturated heterocycles. The van der Waals surface area contributed by atoms with Crippen LogP contribution in [0.25, 0.3) is 0 Å². The Kier molecular flexibility index (Phi) is 29.9. The summed E-state index contributed by atoms with van der Waals surface area (Å²) in [6, 6.07) is 5.68. The van der Waals surface area contributed by atoms with E-state index >= 15 is 0 Å². The topological polar surface area (TPSA) is 178 Å². The number of carbonyl (C=O) groups excluding carboxylic acids is 5. The molecule has 57 heavy (non-hydrogen) atoms. The first-order chi connectivity index (χ1) is 27.5. The van der Waals surface area contributed by atoms with E-state index in [0.29, 0.717) is 56.3 Å². The van der Waals surface area contributed by atoms with Crippen molar-refractivity contribution in [3.8, 4) is 5.75 Å². The smallest absolute Gasteiger partial charge is 0.338 e. The zero-order chi connectivity index (χ0) is 41.9. The number of rotatable bonds is 36. The van der Waals surface area contributed by atoms with E-state index in [0.717, 1.165) is 121 Å². The van der Waals surface area contributed by atoms with E-state index in [-0.39, 0.29) is 43.6 Å². The van der Waals surface area contributed by atoms with Crippen molar-refractivity contribution < 1.29 is 62.3 Å². The highest BCUT2D eigenvalue weighted by atomic mass is 16.5. The highest BCUT2D eigenvalue weighted by Gasteiger charge is 2.15. The van der Waals surface area contributed by atoms with Crippen molar-refractivity contribution in [1.82, 2.24) is 0 Å². The van der Waals surface area contributed by atoms with E-state index in [1.54, 1.807) is 13.0 Å². The van der Waals surface area contributed by atoms with Crippen molar-refractivity contribution in [1.29, 1.82) is 0 Å². The fourth-order valence-electron chi connectivity index (χ4n) is 5.75. The summed E-state index contributed by atoms with van der Waals surface area (Å²) in [5.74, 6) is -2.38. The molecule has 1 aromatic rings. The van der Waals surface area contributed by atoms with Crippen LogP contribution in [0.5, 0.6) is 5.75 Å². The third-order valence-corrected chi connectivity index (χ3v) is 9.13. The molecule has 0 heterocycles. The highest BCUT2D eigenvalue weighted by Crippen LogP contribution is 2.23. The van der Waals surface area contributed by atoms with E-state index in [4.69, 9.17) is 28.8 Å². The minimum absolute atomic E-state index is 0.0305. The lowest BCUT2D eigenvalue weighted by Gasteiger charge is -2.13. The van der Waals surface area contributed by atoms with Crippen LogP contribution in [0.4, 0.5) is 0 Å². The monoisotopic (exact) mass is 804 g/mol. The standard InChI is InChI=1S/C44H68O13/c1-35(2)43(50)56-32-20-14-15-21-33-57-44(51)38-34-37(53-29-17-11-8-9-13-19-31-55-42(49)28-27-40(47)52-3)24-23-36(38)22-16-10-6-4-5-7-12-18-30-54-41(48)26-25-39(45)46/h23-24,34H,1,4-22,25-33H2,2-3H3,(H,45,46). The number of aryl methyl sites for hydroxylation is 1. The SMILES string of the molecule is C=C(C)C(=O)OCCCCCCOC(=O)c1cc(OCCCCCCCCOC(=O)CCC(=O)OC)ccc1CCCCCCCCCCOC(=O)CCC(=O)O. The summed E-state index contributed by atoms with van der Waals surface area (Å²) in [7, 11) is 1.29. The van der Waals surface area contributed by atoms with Crippen LogP contribution >= 0.6 is 0 Å².